The molecule has 5 rings (SSSR count). The van der Waals surface area contributed by atoms with Gasteiger partial charge in [0.25, 0.3) is 5.01 Å². The van der Waals surface area contributed by atoms with Crippen LogP contribution in [0.25, 0.3) is 27.1 Å². The molecular formula is C25H22N2O6S3. The second kappa shape index (κ2) is 9.74. The number of thioether (sulfide) groups is 1. The van der Waals surface area contributed by atoms with E-state index in [1.54, 1.807) is 12.0 Å². The highest BCUT2D eigenvalue weighted by Crippen LogP contribution is 2.48. The molecule has 0 unspecified atom stereocenters. The molecule has 11 heteroatoms. The Bertz CT molecular complexity index is 1630. The van der Waals surface area contributed by atoms with Crippen LogP contribution in [0.15, 0.2) is 64.5 Å². The number of hydrogen-bond donors (Lipinski definition) is 1. The van der Waals surface area contributed by atoms with E-state index in [1.807, 2.05) is 65.2 Å². The van der Waals surface area contributed by atoms with Gasteiger partial charge in [-0.05, 0) is 29.7 Å². The quantitative estimate of drug-likeness (QED) is 0.259. The highest BCUT2D eigenvalue weighted by atomic mass is 32.2. The minimum atomic E-state index is -4.34. The van der Waals surface area contributed by atoms with Gasteiger partial charge >= 0.3 is 5.97 Å². The minimum Gasteiger partial charge on any atom is -0.748 e. The van der Waals surface area contributed by atoms with Crippen LogP contribution in [-0.4, -0.2) is 43.5 Å². The SMILES string of the molecule is COc1ccc2c(c1)N(CC(=O)O)/C(=C/c1sc3ccc4ccccc4c3[n+]1CCCS(=O)(=O)[O-])S2. The number of anilines is 1. The smallest absolute Gasteiger partial charge is 0.323 e. The number of aliphatic carboxylic acids is 1. The van der Waals surface area contributed by atoms with Gasteiger partial charge in [-0.15, -0.1) is 0 Å². The summed E-state index contributed by atoms with van der Waals surface area (Å²) in [7, 11) is -2.77. The largest absolute Gasteiger partial charge is 0.748 e. The van der Waals surface area contributed by atoms with Crippen LogP contribution in [0.5, 0.6) is 5.75 Å². The summed E-state index contributed by atoms with van der Waals surface area (Å²) in [5.74, 6) is -0.787. The van der Waals surface area contributed by atoms with E-state index < -0.39 is 21.8 Å². The van der Waals surface area contributed by atoms with Crippen molar-refractivity contribution in [3.63, 3.8) is 0 Å². The summed E-state index contributed by atoms with van der Waals surface area (Å²) in [4.78, 5) is 14.4. The number of benzene rings is 3. The fourth-order valence-electron chi connectivity index (χ4n) is 4.32. The molecule has 3 aromatic carbocycles. The molecule has 1 aromatic heterocycles. The topological polar surface area (TPSA) is 111 Å². The summed E-state index contributed by atoms with van der Waals surface area (Å²) in [6.07, 6.45) is 2.11. The number of ether oxygens (including phenoxy) is 1. The number of thiazole rings is 1. The van der Waals surface area contributed by atoms with Gasteiger partial charge in [0, 0.05) is 23.1 Å². The third-order valence-corrected chi connectivity index (χ3v) is 8.87. The molecule has 0 fully saturated rings. The number of nitrogens with zero attached hydrogens (tertiary/aromatic N) is 2. The Morgan fingerprint density at radius 3 is 2.75 bits per heavy atom. The molecule has 0 atom stereocenters. The molecule has 36 heavy (non-hydrogen) atoms. The van der Waals surface area contributed by atoms with Crippen molar-refractivity contribution in [2.24, 2.45) is 0 Å². The maximum absolute atomic E-state index is 11.7. The summed E-state index contributed by atoms with van der Waals surface area (Å²) in [5, 5.41) is 13.2. The predicted molar refractivity (Wildman–Crippen MR) is 141 cm³/mol. The average Bonchev–Trinajstić information content (AvgIpc) is 3.35. The molecule has 1 N–H and O–H groups in total. The third kappa shape index (κ3) is 4.92. The number of aromatic nitrogens is 1. The van der Waals surface area contributed by atoms with Crippen LogP contribution in [0.4, 0.5) is 5.69 Å². The van der Waals surface area contributed by atoms with Gasteiger partial charge in [-0.2, -0.15) is 4.57 Å². The Morgan fingerprint density at radius 1 is 1.19 bits per heavy atom. The van der Waals surface area contributed by atoms with E-state index in [9.17, 15) is 22.9 Å². The van der Waals surface area contributed by atoms with Gasteiger partial charge < -0.3 is 19.3 Å². The lowest BCUT2D eigenvalue weighted by molar-refractivity contribution is -0.667. The number of aryl methyl sites for hydroxylation is 1. The zero-order valence-corrected chi connectivity index (χ0v) is 21.7. The molecule has 2 heterocycles. The van der Waals surface area contributed by atoms with Crippen molar-refractivity contribution in [3.8, 4) is 5.75 Å². The molecule has 186 valence electrons. The zero-order valence-electron chi connectivity index (χ0n) is 19.2. The lowest BCUT2D eigenvalue weighted by atomic mass is 10.1. The first kappa shape index (κ1) is 24.6. The molecule has 0 saturated carbocycles. The van der Waals surface area contributed by atoms with Gasteiger partial charge in [0.15, 0.2) is 6.54 Å². The molecule has 4 aromatic rings. The Labute approximate surface area is 216 Å². The fraction of sp³-hybridized carbons (Fsp3) is 0.200. The van der Waals surface area contributed by atoms with E-state index in [-0.39, 0.29) is 13.0 Å². The fourth-order valence-corrected chi connectivity index (χ4v) is 7.10. The Morgan fingerprint density at radius 2 is 2.00 bits per heavy atom. The standard InChI is InChI=1S/C25H22N2O6S3/c1-33-17-8-10-20-19(13-17)27(15-24(28)29)23(34-20)14-22-26(11-4-12-36(30,31)32)25-18-6-3-2-5-16(18)7-9-21(25)35-22/h2-3,5-10,13-14H,4,11-12,15H2,1H3,(H-,28,29,30,31,32). The maximum Gasteiger partial charge on any atom is 0.323 e. The summed E-state index contributed by atoms with van der Waals surface area (Å²) < 4.78 is 42.2. The molecule has 0 saturated heterocycles. The van der Waals surface area contributed by atoms with Crippen molar-refractivity contribution in [3.05, 3.63) is 64.6 Å². The first-order chi connectivity index (χ1) is 17.2. The number of carboxylic acids is 1. The molecule has 0 spiro atoms. The lowest BCUT2D eigenvalue weighted by Crippen LogP contribution is -2.36. The second-order valence-corrected chi connectivity index (χ2v) is 11.9. The second-order valence-electron chi connectivity index (χ2n) is 8.24. The summed E-state index contributed by atoms with van der Waals surface area (Å²) in [5.41, 5.74) is 1.71. The highest BCUT2D eigenvalue weighted by molar-refractivity contribution is 8.03. The Kier molecular flexibility index (Phi) is 6.64. The van der Waals surface area contributed by atoms with Gasteiger partial charge in [0.1, 0.15) is 17.0 Å². The van der Waals surface area contributed by atoms with Crippen LogP contribution < -0.4 is 14.2 Å². The number of fused-ring (bicyclic) bond motifs is 4. The van der Waals surface area contributed by atoms with Crippen LogP contribution >= 0.6 is 23.1 Å². The van der Waals surface area contributed by atoms with E-state index in [0.29, 0.717) is 12.3 Å². The van der Waals surface area contributed by atoms with Gasteiger partial charge in [-0.25, -0.2) is 8.42 Å². The van der Waals surface area contributed by atoms with Crippen LogP contribution in [0.3, 0.4) is 0 Å². The summed E-state index contributed by atoms with van der Waals surface area (Å²) >= 11 is 3.00. The lowest BCUT2D eigenvalue weighted by Gasteiger charge is -2.18. The van der Waals surface area contributed by atoms with E-state index >= 15 is 0 Å². The van der Waals surface area contributed by atoms with E-state index in [0.717, 1.165) is 41.6 Å². The molecule has 0 amide bonds. The molecule has 1 aliphatic heterocycles. The molecular weight excluding hydrogens is 520 g/mol. The Balaban J connectivity index is 1.65. The normalized spacial score (nSPS) is 14.6. The summed E-state index contributed by atoms with van der Waals surface area (Å²) in [6.45, 7) is 0.111. The third-order valence-electron chi connectivity index (χ3n) is 5.87. The molecule has 0 radical (unpaired) electrons. The van der Waals surface area contributed by atoms with Crippen LogP contribution in [0.2, 0.25) is 0 Å². The van der Waals surface area contributed by atoms with Crippen LogP contribution in [-0.2, 0) is 21.5 Å². The van der Waals surface area contributed by atoms with E-state index in [4.69, 9.17) is 4.74 Å². The number of carboxylic acid groups (broad SMARTS) is 1. The number of rotatable bonds is 8. The van der Waals surface area contributed by atoms with Gasteiger partial charge in [0.05, 0.1) is 39.4 Å². The first-order valence-corrected chi connectivity index (χ1v) is 14.3. The maximum atomic E-state index is 11.7. The molecule has 8 nitrogen and oxygen atoms in total. The van der Waals surface area contributed by atoms with Crippen molar-refractivity contribution in [2.45, 2.75) is 17.9 Å². The van der Waals surface area contributed by atoms with Gasteiger partial charge in [-0.1, -0.05) is 47.4 Å². The summed E-state index contributed by atoms with van der Waals surface area (Å²) in [6, 6.07) is 17.6. The van der Waals surface area contributed by atoms with Crippen molar-refractivity contribution in [1.29, 1.82) is 0 Å². The van der Waals surface area contributed by atoms with Crippen molar-refractivity contribution in [1.82, 2.24) is 0 Å². The molecule has 0 aliphatic carbocycles. The minimum absolute atomic E-state index is 0.172. The van der Waals surface area contributed by atoms with E-state index in [2.05, 4.69) is 0 Å². The predicted octanol–water partition coefficient (Wildman–Crippen LogP) is 4.28. The average molecular weight is 543 g/mol. The molecule has 0 bridgehead atoms. The van der Waals surface area contributed by atoms with E-state index in [1.165, 1.54) is 23.1 Å². The number of hydrogen-bond acceptors (Lipinski definition) is 8. The van der Waals surface area contributed by atoms with Crippen molar-refractivity contribution >= 4 is 71.9 Å². The molecule has 1 aliphatic rings. The van der Waals surface area contributed by atoms with Gasteiger partial charge in [0.2, 0.25) is 5.52 Å². The first-order valence-electron chi connectivity index (χ1n) is 11.1. The zero-order chi connectivity index (χ0) is 25.4. The highest BCUT2D eigenvalue weighted by Gasteiger charge is 2.30. The van der Waals surface area contributed by atoms with Crippen molar-refractivity contribution < 1.29 is 32.2 Å². The van der Waals surface area contributed by atoms with Crippen molar-refractivity contribution in [2.75, 3.05) is 24.3 Å². The Hall–Kier alpha value is -3.12. The number of methoxy groups -OCH3 is 1. The van der Waals surface area contributed by atoms with Crippen LogP contribution in [0, 0.1) is 0 Å². The monoisotopic (exact) mass is 542 g/mol. The number of carbonyl (C=O) groups is 1. The van der Waals surface area contributed by atoms with Crippen LogP contribution in [0.1, 0.15) is 11.4 Å². The van der Waals surface area contributed by atoms with Gasteiger partial charge in [-0.3, -0.25) is 4.79 Å².